The molecule has 0 heterocycles. The summed E-state index contributed by atoms with van der Waals surface area (Å²) in [5.74, 6) is 0.175. The van der Waals surface area contributed by atoms with Crippen LogP contribution in [0.2, 0.25) is 0 Å². The maximum absolute atomic E-state index is 12.3. The van der Waals surface area contributed by atoms with Gasteiger partial charge in [0.15, 0.2) is 0 Å². The highest BCUT2D eigenvalue weighted by molar-refractivity contribution is 6.17. The third kappa shape index (κ3) is 3.72. The lowest BCUT2D eigenvalue weighted by Gasteiger charge is -2.12. The minimum Gasteiger partial charge on any atom is -0.423 e. The SMILES string of the molecule is CN(C)C=C(C(=O)Oc1ccccc1)c1ccccc1. The molecule has 0 bridgehead atoms. The molecule has 0 atom stereocenters. The maximum Gasteiger partial charge on any atom is 0.345 e. The van der Waals surface area contributed by atoms with Gasteiger partial charge in [-0.05, 0) is 17.7 Å². The average Bonchev–Trinajstić information content (AvgIpc) is 2.46. The fourth-order valence-corrected chi connectivity index (χ4v) is 1.77. The first-order chi connectivity index (χ1) is 9.66. The van der Waals surface area contributed by atoms with Crippen LogP contribution in [0.3, 0.4) is 0 Å². The van der Waals surface area contributed by atoms with Crippen molar-refractivity contribution in [2.75, 3.05) is 14.1 Å². The van der Waals surface area contributed by atoms with Gasteiger partial charge in [-0.1, -0.05) is 48.5 Å². The minimum absolute atomic E-state index is 0.365. The number of nitrogens with zero attached hydrogens (tertiary/aromatic N) is 1. The van der Waals surface area contributed by atoms with Crippen LogP contribution in [0.15, 0.2) is 66.9 Å². The lowest BCUT2D eigenvalue weighted by Crippen LogP contribution is -2.14. The summed E-state index contributed by atoms with van der Waals surface area (Å²) in [6.45, 7) is 0. The fourth-order valence-electron chi connectivity index (χ4n) is 1.77. The summed E-state index contributed by atoms with van der Waals surface area (Å²) < 4.78 is 5.40. The Morgan fingerprint density at radius 3 is 2.05 bits per heavy atom. The molecule has 3 nitrogen and oxygen atoms in total. The summed E-state index contributed by atoms with van der Waals surface area (Å²) in [4.78, 5) is 14.2. The molecule has 2 rings (SSSR count). The normalized spacial score (nSPS) is 11.0. The Morgan fingerprint density at radius 2 is 1.50 bits per heavy atom. The second-order valence-corrected chi connectivity index (χ2v) is 4.57. The molecule has 0 spiro atoms. The van der Waals surface area contributed by atoms with Gasteiger partial charge in [-0.25, -0.2) is 4.79 Å². The van der Waals surface area contributed by atoms with E-state index in [2.05, 4.69) is 0 Å². The van der Waals surface area contributed by atoms with Crippen molar-refractivity contribution in [1.29, 1.82) is 0 Å². The number of benzene rings is 2. The predicted molar refractivity (Wildman–Crippen MR) is 80.2 cm³/mol. The van der Waals surface area contributed by atoms with Crippen molar-refractivity contribution in [1.82, 2.24) is 4.90 Å². The van der Waals surface area contributed by atoms with E-state index in [9.17, 15) is 4.79 Å². The molecule has 0 aliphatic rings. The Labute approximate surface area is 119 Å². The minimum atomic E-state index is -0.365. The standard InChI is InChI=1S/C17H17NO2/c1-18(2)13-16(14-9-5-3-6-10-14)17(19)20-15-11-7-4-8-12-15/h3-13H,1-2H3. The smallest absolute Gasteiger partial charge is 0.345 e. The molecule has 0 fully saturated rings. The van der Waals surface area contributed by atoms with Crippen molar-refractivity contribution < 1.29 is 9.53 Å². The average molecular weight is 267 g/mol. The van der Waals surface area contributed by atoms with Crippen molar-refractivity contribution in [3.63, 3.8) is 0 Å². The largest absolute Gasteiger partial charge is 0.423 e. The summed E-state index contributed by atoms with van der Waals surface area (Å²) in [5, 5.41) is 0. The number of para-hydroxylation sites is 1. The summed E-state index contributed by atoms with van der Waals surface area (Å²) in [6, 6.07) is 18.6. The van der Waals surface area contributed by atoms with Crippen LogP contribution in [0.25, 0.3) is 5.57 Å². The van der Waals surface area contributed by atoms with E-state index in [1.165, 1.54) is 0 Å². The summed E-state index contributed by atoms with van der Waals surface area (Å²) >= 11 is 0. The first-order valence-corrected chi connectivity index (χ1v) is 6.38. The Balaban J connectivity index is 2.26. The zero-order valence-electron chi connectivity index (χ0n) is 11.6. The Morgan fingerprint density at radius 1 is 0.950 bits per heavy atom. The van der Waals surface area contributed by atoms with E-state index in [1.807, 2.05) is 67.5 Å². The molecule has 0 aliphatic carbocycles. The van der Waals surface area contributed by atoms with Crippen LogP contribution in [0.5, 0.6) is 5.75 Å². The van der Waals surface area contributed by atoms with Gasteiger partial charge in [-0.3, -0.25) is 0 Å². The van der Waals surface area contributed by atoms with Crippen molar-refractivity contribution in [3.8, 4) is 5.75 Å². The van der Waals surface area contributed by atoms with Gasteiger partial charge in [0.2, 0.25) is 0 Å². The van der Waals surface area contributed by atoms with Crippen molar-refractivity contribution in [3.05, 3.63) is 72.4 Å². The van der Waals surface area contributed by atoms with Crippen LogP contribution in [-0.2, 0) is 4.79 Å². The van der Waals surface area contributed by atoms with Crippen LogP contribution in [0, 0.1) is 0 Å². The molecule has 0 aliphatic heterocycles. The molecule has 102 valence electrons. The summed E-state index contributed by atoms with van der Waals surface area (Å²) in [5.41, 5.74) is 1.36. The second kappa shape index (κ2) is 6.57. The van der Waals surface area contributed by atoms with E-state index in [-0.39, 0.29) is 5.97 Å². The molecule has 0 radical (unpaired) electrons. The highest BCUT2D eigenvalue weighted by atomic mass is 16.5. The van der Waals surface area contributed by atoms with Crippen LogP contribution in [0.4, 0.5) is 0 Å². The van der Waals surface area contributed by atoms with Gasteiger partial charge in [0.1, 0.15) is 5.75 Å². The van der Waals surface area contributed by atoms with Gasteiger partial charge in [0.05, 0.1) is 5.57 Å². The van der Waals surface area contributed by atoms with Gasteiger partial charge >= 0.3 is 5.97 Å². The third-order valence-electron chi connectivity index (χ3n) is 2.65. The molecule has 0 N–H and O–H groups in total. The molecule has 0 amide bonds. The molecule has 0 saturated heterocycles. The van der Waals surface area contributed by atoms with E-state index in [1.54, 1.807) is 18.3 Å². The van der Waals surface area contributed by atoms with Crippen molar-refractivity contribution in [2.24, 2.45) is 0 Å². The number of carbonyl (C=O) groups excluding carboxylic acids is 1. The van der Waals surface area contributed by atoms with E-state index < -0.39 is 0 Å². The number of rotatable bonds is 4. The summed E-state index contributed by atoms with van der Waals surface area (Å²) in [6.07, 6.45) is 1.76. The van der Waals surface area contributed by atoms with Crippen molar-refractivity contribution in [2.45, 2.75) is 0 Å². The van der Waals surface area contributed by atoms with Crippen LogP contribution < -0.4 is 4.74 Å². The molecule has 2 aromatic carbocycles. The highest BCUT2D eigenvalue weighted by Crippen LogP contribution is 2.18. The maximum atomic E-state index is 12.3. The fraction of sp³-hybridized carbons (Fsp3) is 0.118. The van der Waals surface area contributed by atoms with Gasteiger partial charge < -0.3 is 9.64 Å². The third-order valence-corrected chi connectivity index (χ3v) is 2.65. The number of carbonyl (C=O) groups is 1. The lowest BCUT2D eigenvalue weighted by molar-refractivity contribution is -0.128. The lowest BCUT2D eigenvalue weighted by atomic mass is 10.1. The van der Waals surface area contributed by atoms with Crippen LogP contribution in [0.1, 0.15) is 5.56 Å². The van der Waals surface area contributed by atoms with E-state index in [4.69, 9.17) is 4.74 Å². The first-order valence-electron chi connectivity index (χ1n) is 6.38. The Kier molecular flexibility index (Phi) is 4.56. The zero-order valence-corrected chi connectivity index (χ0v) is 11.6. The van der Waals surface area contributed by atoms with Crippen molar-refractivity contribution >= 4 is 11.5 Å². The van der Waals surface area contributed by atoms with Gasteiger partial charge in [0, 0.05) is 20.3 Å². The summed E-state index contributed by atoms with van der Waals surface area (Å²) in [7, 11) is 3.75. The topological polar surface area (TPSA) is 29.5 Å². The monoisotopic (exact) mass is 267 g/mol. The molecule has 2 aromatic rings. The molecular weight excluding hydrogens is 250 g/mol. The van der Waals surface area contributed by atoms with E-state index >= 15 is 0 Å². The highest BCUT2D eigenvalue weighted by Gasteiger charge is 2.14. The second-order valence-electron chi connectivity index (χ2n) is 4.57. The predicted octanol–water partition coefficient (Wildman–Crippen LogP) is 3.19. The van der Waals surface area contributed by atoms with E-state index in [0.29, 0.717) is 11.3 Å². The molecule has 3 heteroatoms. The quantitative estimate of drug-likeness (QED) is 0.484. The number of esters is 1. The molecule has 0 saturated carbocycles. The molecule has 0 unspecified atom stereocenters. The molecular formula is C17H17NO2. The molecule has 20 heavy (non-hydrogen) atoms. The zero-order chi connectivity index (χ0) is 14.4. The number of ether oxygens (including phenoxy) is 1. The Hall–Kier alpha value is -2.55. The van der Waals surface area contributed by atoms with Gasteiger partial charge in [-0.2, -0.15) is 0 Å². The van der Waals surface area contributed by atoms with Gasteiger partial charge in [-0.15, -0.1) is 0 Å². The first kappa shape index (κ1) is 13.9. The number of hydrogen-bond acceptors (Lipinski definition) is 3. The Bertz CT molecular complexity index is 589. The van der Waals surface area contributed by atoms with Gasteiger partial charge in [0.25, 0.3) is 0 Å². The van der Waals surface area contributed by atoms with Crippen LogP contribution in [-0.4, -0.2) is 25.0 Å². The van der Waals surface area contributed by atoms with Crippen LogP contribution >= 0.6 is 0 Å². The van der Waals surface area contributed by atoms with E-state index in [0.717, 1.165) is 5.56 Å². The number of hydrogen-bond donors (Lipinski definition) is 0. The molecule has 0 aromatic heterocycles.